The van der Waals surface area contributed by atoms with Crippen LogP contribution < -0.4 is 5.73 Å². The minimum Gasteiger partial charge on any atom is -0.398 e. The van der Waals surface area contributed by atoms with Gasteiger partial charge in [0.15, 0.2) is 0 Å². The average molecular weight is 223 g/mol. The summed E-state index contributed by atoms with van der Waals surface area (Å²) in [4.78, 5) is 1.30. The highest BCUT2D eigenvalue weighted by atomic mass is 32.2. The number of thioether (sulfide) groups is 1. The number of fused-ring (bicyclic) bond motifs is 1. The lowest BCUT2D eigenvalue weighted by Gasteiger charge is -2.08. The Morgan fingerprint density at radius 3 is 2.93 bits per heavy atom. The van der Waals surface area contributed by atoms with E-state index in [1.165, 1.54) is 20.5 Å². The first-order valence-electron chi connectivity index (χ1n) is 4.60. The maximum atomic E-state index is 6.02. The van der Waals surface area contributed by atoms with Crippen LogP contribution >= 0.6 is 23.1 Å². The lowest BCUT2D eigenvalue weighted by atomic mass is 10.1. The minimum absolute atomic E-state index is 0.933. The highest BCUT2D eigenvalue weighted by Crippen LogP contribution is 2.36. The van der Waals surface area contributed by atoms with E-state index in [0.717, 1.165) is 12.1 Å². The van der Waals surface area contributed by atoms with E-state index in [2.05, 4.69) is 30.7 Å². The Balaban J connectivity index is 2.81. The molecule has 0 spiro atoms. The summed E-state index contributed by atoms with van der Waals surface area (Å²) in [5, 5.41) is 3.48. The predicted octanol–water partition coefficient (Wildman–Crippen LogP) is 3.77. The molecule has 0 saturated heterocycles. The molecule has 0 saturated carbocycles. The van der Waals surface area contributed by atoms with E-state index in [9.17, 15) is 0 Å². The van der Waals surface area contributed by atoms with Gasteiger partial charge in [0.1, 0.15) is 0 Å². The molecule has 0 radical (unpaired) electrons. The summed E-state index contributed by atoms with van der Waals surface area (Å²) < 4.78 is 1.38. The molecule has 0 unspecified atom stereocenters. The van der Waals surface area contributed by atoms with Crippen LogP contribution in [0.1, 0.15) is 12.5 Å². The largest absolute Gasteiger partial charge is 0.398 e. The second-order valence-electron chi connectivity index (χ2n) is 3.16. The number of aryl methyl sites for hydroxylation is 1. The first-order valence-corrected chi connectivity index (χ1v) is 6.71. The Kier molecular flexibility index (Phi) is 2.70. The van der Waals surface area contributed by atoms with Crippen molar-refractivity contribution in [3.05, 3.63) is 23.1 Å². The van der Waals surface area contributed by atoms with Crippen LogP contribution in [-0.2, 0) is 6.42 Å². The topological polar surface area (TPSA) is 26.0 Å². The van der Waals surface area contributed by atoms with Crippen LogP contribution in [0, 0.1) is 0 Å². The van der Waals surface area contributed by atoms with E-state index in [-0.39, 0.29) is 0 Å². The molecule has 0 amide bonds. The third kappa shape index (κ3) is 1.41. The van der Waals surface area contributed by atoms with E-state index in [0.29, 0.717) is 0 Å². The van der Waals surface area contributed by atoms with Crippen molar-refractivity contribution in [2.24, 2.45) is 0 Å². The number of thiophene rings is 1. The number of rotatable bonds is 2. The highest BCUT2D eigenvalue weighted by Gasteiger charge is 2.09. The predicted molar refractivity (Wildman–Crippen MR) is 67.4 cm³/mol. The minimum atomic E-state index is 0.933. The van der Waals surface area contributed by atoms with Crippen molar-refractivity contribution in [1.82, 2.24) is 0 Å². The Labute approximate surface area is 92.3 Å². The van der Waals surface area contributed by atoms with E-state index in [4.69, 9.17) is 5.73 Å². The molecule has 3 heteroatoms. The zero-order valence-electron chi connectivity index (χ0n) is 8.33. The van der Waals surface area contributed by atoms with Gasteiger partial charge in [-0.05, 0) is 41.1 Å². The maximum Gasteiger partial charge on any atom is 0.0482 e. The maximum absolute atomic E-state index is 6.02. The zero-order valence-corrected chi connectivity index (χ0v) is 9.97. The van der Waals surface area contributed by atoms with Crippen LogP contribution in [0.3, 0.4) is 0 Å². The molecule has 0 aliphatic carbocycles. The van der Waals surface area contributed by atoms with Crippen molar-refractivity contribution < 1.29 is 0 Å². The van der Waals surface area contributed by atoms with Gasteiger partial charge in [0.25, 0.3) is 0 Å². The smallest absolute Gasteiger partial charge is 0.0482 e. The number of nitrogens with two attached hydrogens (primary N) is 1. The number of hydrogen-bond donors (Lipinski definition) is 1. The summed E-state index contributed by atoms with van der Waals surface area (Å²) in [6, 6.07) is 4.28. The van der Waals surface area contributed by atoms with Crippen molar-refractivity contribution in [2.75, 3.05) is 12.0 Å². The van der Waals surface area contributed by atoms with Crippen LogP contribution in [0.4, 0.5) is 5.69 Å². The van der Waals surface area contributed by atoms with Crippen molar-refractivity contribution in [3.63, 3.8) is 0 Å². The van der Waals surface area contributed by atoms with Gasteiger partial charge in [0.2, 0.25) is 0 Å². The van der Waals surface area contributed by atoms with Gasteiger partial charge in [-0.1, -0.05) is 6.92 Å². The van der Waals surface area contributed by atoms with Crippen LogP contribution in [0.15, 0.2) is 22.4 Å². The summed E-state index contributed by atoms with van der Waals surface area (Å²) >= 11 is 3.57. The molecule has 2 N–H and O–H groups in total. The molecule has 0 bridgehead atoms. The second-order valence-corrected chi connectivity index (χ2v) is 4.93. The van der Waals surface area contributed by atoms with Crippen molar-refractivity contribution in [3.8, 4) is 0 Å². The molecule has 1 aromatic carbocycles. The molecule has 1 aromatic heterocycles. The SMILES string of the molecule is CCc1c(N)cc(SC)c2sccc12. The van der Waals surface area contributed by atoms with Gasteiger partial charge in [-0.15, -0.1) is 23.1 Å². The number of benzene rings is 1. The molecular formula is C11H13NS2. The summed E-state index contributed by atoms with van der Waals surface area (Å²) in [5.41, 5.74) is 8.25. The quantitative estimate of drug-likeness (QED) is 0.619. The van der Waals surface area contributed by atoms with Gasteiger partial charge in [0, 0.05) is 15.3 Å². The third-order valence-corrected chi connectivity index (χ3v) is 4.26. The Bertz CT molecular complexity index is 460. The van der Waals surface area contributed by atoms with Crippen molar-refractivity contribution >= 4 is 38.9 Å². The highest BCUT2D eigenvalue weighted by molar-refractivity contribution is 7.99. The summed E-state index contributed by atoms with van der Waals surface area (Å²) in [7, 11) is 0. The molecule has 0 aliphatic rings. The third-order valence-electron chi connectivity index (χ3n) is 2.42. The first kappa shape index (κ1) is 9.87. The molecule has 2 aromatic rings. The molecule has 1 nitrogen and oxygen atoms in total. The van der Waals surface area contributed by atoms with E-state index in [1.807, 2.05) is 0 Å². The van der Waals surface area contributed by atoms with Gasteiger partial charge < -0.3 is 5.73 Å². The fraction of sp³-hybridized carbons (Fsp3) is 0.273. The Hall–Kier alpha value is -0.670. The molecule has 0 aliphatic heterocycles. The van der Waals surface area contributed by atoms with E-state index >= 15 is 0 Å². The van der Waals surface area contributed by atoms with Crippen LogP contribution in [0.25, 0.3) is 10.1 Å². The standard InChI is InChI=1S/C11H13NS2/c1-3-7-8-4-5-14-11(8)10(13-2)6-9(7)12/h4-6H,3,12H2,1-2H3. The molecular weight excluding hydrogens is 210 g/mol. The number of anilines is 1. The van der Waals surface area contributed by atoms with Crippen molar-refractivity contribution in [1.29, 1.82) is 0 Å². The Morgan fingerprint density at radius 1 is 1.50 bits per heavy atom. The molecule has 0 atom stereocenters. The molecule has 74 valence electrons. The van der Waals surface area contributed by atoms with Crippen LogP contribution in [-0.4, -0.2) is 6.26 Å². The van der Waals surface area contributed by atoms with Crippen LogP contribution in [0.2, 0.25) is 0 Å². The normalized spacial score (nSPS) is 11.0. The second kappa shape index (κ2) is 3.83. The van der Waals surface area contributed by atoms with Gasteiger partial charge in [-0.3, -0.25) is 0 Å². The first-order chi connectivity index (χ1) is 6.77. The average Bonchev–Trinajstić information content (AvgIpc) is 2.65. The summed E-state index contributed by atoms with van der Waals surface area (Å²) in [6.45, 7) is 2.15. The van der Waals surface area contributed by atoms with Crippen molar-refractivity contribution in [2.45, 2.75) is 18.2 Å². The fourth-order valence-electron chi connectivity index (χ4n) is 1.73. The fourth-order valence-corrected chi connectivity index (χ4v) is 3.50. The van der Waals surface area contributed by atoms with Gasteiger partial charge in [-0.2, -0.15) is 0 Å². The van der Waals surface area contributed by atoms with E-state index in [1.54, 1.807) is 23.1 Å². The molecule has 0 fully saturated rings. The zero-order chi connectivity index (χ0) is 10.1. The van der Waals surface area contributed by atoms with Gasteiger partial charge >= 0.3 is 0 Å². The lowest BCUT2D eigenvalue weighted by Crippen LogP contribution is -1.93. The van der Waals surface area contributed by atoms with Crippen LogP contribution in [0.5, 0.6) is 0 Å². The summed E-state index contributed by atoms with van der Waals surface area (Å²) in [5.74, 6) is 0. The van der Waals surface area contributed by atoms with Gasteiger partial charge in [-0.25, -0.2) is 0 Å². The summed E-state index contributed by atoms with van der Waals surface area (Å²) in [6.07, 6.45) is 3.10. The Morgan fingerprint density at radius 2 is 2.29 bits per heavy atom. The molecule has 1 heterocycles. The van der Waals surface area contributed by atoms with Gasteiger partial charge in [0.05, 0.1) is 0 Å². The molecule has 2 rings (SSSR count). The monoisotopic (exact) mass is 223 g/mol. The van der Waals surface area contributed by atoms with E-state index < -0.39 is 0 Å². The lowest BCUT2D eigenvalue weighted by molar-refractivity contribution is 1.16. The number of hydrogen-bond acceptors (Lipinski definition) is 3. The number of nitrogen functional groups attached to an aromatic ring is 1. The molecule has 14 heavy (non-hydrogen) atoms.